The van der Waals surface area contributed by atoms with Crippen molar-refractivity contribution in [2.45, 2.75) is 50.4 Å². The lowest BCUT2D eigenvalue weighted by atomic mass is 9.95. The van der Waals surface area contributed by atoms with Gasteiger partial charge in [-0.1, -0.05) is 0 Å². The Morgan fingerprint density at radius 2 is 1.72 bits per heavy atom. The van der Waals surface area contributed by atoms with Gasteiger partial charge in [-0.3, -0.25) is 4.79 Å². The van der Waals surface area contributed by atoms with E-state index < -0.39 is 40.0 Å². The number of benzene rings is 1. The first-order valence-electron chi connectivity index (χ1n) is 12.0. The van der Waals surface area contributed by atoms with Crippen molar-refractivity contribution >= 4 is 15.9 Å². The van der Waals surface area contributed by atoms with Gasteiger partial charge in [-0.15, -0.1) is 0 Å². The van der Waals surface area contributed by atoms with E-state index in [4.69, 9.17) is 4.74 Å². The molecule has 1 aromatic carbocycles. The third-order valence-corrected chi connectivity index (χ3v) is 7.59. The lowest BCUT2D eigenvalue weighted by Gasteiger charge is -2.44. The van der Waals surface area contributed by atoms with E-state index in [-0.39, 0.29) is 43.5 Å². The number of amides is 1. The van der Waals surface area contributed by atoms with Crippen LogP contribution in [0.3, 0.4) is 0 Å². The van der Waals surface area contributed by atoms with E-state index >= 15 is 0 Å². The summed E-state index contributed by atoms with van der Waals surface area (Å²) in [5.41, 5.74) is 0.289. The average Bonchev–Trinajstić information content (AvgIpc) is 3.62. The molecule has 2 atom stereocenters. The van der Waals surface area contributed by atoms with Crippen molar-refractivity contribution in [1.82, 2.24) is 14.7 Å². The quantitative estimate of drug-likeness (QED) is 0.534. The van der Waals surface area contributed by atoms with Gasteiger partial charge in [-0.2, -0.15) is 13.2 Å². The van der Waals surface area contributed by atoms with Gasteiger partial charge in [-0.25, -0.2) is 31.9 Å². The molecule has 2 saturated heterocycles. The van der Waals surface area contributed by atoms with Crippen LogP contribution in [-0.4, -0.2) is 75.7 Å². The van der Waals surface area contributed by atoms with Gasteiger partial charge in [0.2, 0.25) is 10.0 Å². The molecule has 2 unspecified atom stereocenters. The largest absolute Gasteiger partial charge is 0.493 e. The van der Waals surface area contributed by atoms with E-state index in [2.05, 4.69) is 0 Å². The van der Waals surface area contributed by atoms with Gasteiger partial charge in [0.05, 0.1) is 18.4 Å². The van der Waals surface area contributed by atoms with Crippen molar-refractivity contribution in [2.75, 3.05) is 39.0 Å². The normalized spacial score (nSPS) is 25.1. The minimum absolute atomic E-state index is 0.0988. The van der Waals surface area contributed by atoms with Crippen LogP contribution >= 0.6 is 0 Å². The molecule has 1 saturated carbocycles. The lowest BCUT2D eigenvalue weighted by molar-refractivity contribution is -0.221. The van der Waals surface area contributed by atoms with E-state index in [1.165, 1.54) is 6.07 Å². The number of piperidine rings is 2. The Morgan fingerprint density at radius 3 is 2.31 bits per heavy atom. The molecule has 1 amide bonds. The number of hydrogen-bond donors (Lipinski definition) is 1. The molecule has 202 valence electrons. The van der Waals surface area contributed by atoms with Gasteiger partial charge in [0.1, 0.15) is 23.7 Å². The van der Waals surface area contributed by atoms with Crippen LogP contribution in [0.25, 0.3) is 0 Å². The third-order valence-electron chi connectivity index (χ3n) is 7.03. The number of sulfonamides is 1. The molecule has 2 aliphatic heterocycles. The van der Waals surface area contributed by atoms with E-state index in [1.54, 1.807) is 9.73 Å². The van der Waals surface area contributed by atoms with E-state index in [1.807, 2.05) is 5.01 Å². The molecule has 0 bridgehead atoms. The maximum atomic E-state index is 14.7. The highest BCUT2D eigenvalue weighted by Crippen LogP contribution is 2.45. The Morgan fingerprint density at radius 1 is 1.08 bits per heavy atom. The molecular formula is C23H30F5N3O4S. The SMILES string of the molecule is CS(=O)(=O)NC(=O)c1cc(C2CC2)c(OCC2CCN(N3CCC(F)C(C(F)(F)F)C3)CC2)cc1F. The molecule has 4 rings (SSSR count). The van der Waals surface area contributed by atoms with E-state index in [0.717, 1.165) is 25.2 Å². The highest BCUT2D eigenvalue weighted by Gasteiger charge is 2.49. The topological polar surface area (TPSA) is 78.9 Å². The van der Waals surface area contributed by atoms with Crippen molar-refractivity contribution in [3.8, 4) is 5.75 Å². The van der Waals surface area contributed by atoms with Crippen LogP contribution in [0.4, 0.5) is 22.0 Å². The van der Waals surface area contributed by atoms with Crippen molar-refractivity contribution in [3.63, 3.8) is 0 Å². The minimum Gasteiger partial charge on any atom is -0.493 e. The number of rotatable bonds is 7. The predicted octanol–water partition coefficient (Wildman–Crippen LogP) is 3.62. The smallest absolute Gasteiger partial charge is 0.395 e. The molecule has 0 radical (unpaired) electrons. The molecule has 1 aromatic rings. The highest BCUT2D eigenvalue weighted by molar-refractivity contribution is 7.89. The first-order valence-corrected chi connectivity index (χ1v) is 13.9. The molecule has 13 heteroatoms. The molecule has 2 heterocycles. The fraction of sp³-hybridized carbons (Fsp3) is 0.696. The number of carbonyl (C=O) groups is 1. The number of halogens is 5. The molecule has 3 aliphatic rings. The van der Waals surface area contributed by atoms with Crippen LogP contribution in [0.5, 0.6) is 5.75 Å². The molecule has 1 aliphatic carbocycles. The number of hydrogen-bond acceptors (Lipinski definition) is 6. The Kier molecular flexibility index (Phi) is 7.82. The van der Waals surface area contributed by atoms with Crippen LogP contribution in [0, 0.1) is 17.7 Å². The zero-order valence-electron chi connectivity index (χ0n) is 19.9. The minimum atomic E-state index is -4.57. The molecule has 7 nitrogen and oxygen atoms in total. The highest BCUT2D eigenvalue weighted by atomic mass is 32.2. The summed E-state index contributed by atoms with van der Waals surface area (Å²) in [6.07, 6.45) is -2.78. The summed E-state index contributed by atoms with van der Waals surface area (Å²) in [4.78, 5) is 12.2. The Balaban J connectivity index is 1.34. The summed E-state index contributed by atoms with van der Waals surface area (Å²) in [5.74, 6) is -3.40. The van der Waals surface area contributed by atoms with Crippen molar-refractivity contribution in [3.05, 3.63) is 29.1 Å². The number of alkyl halides is 4. The van der Waals surface area contributed by atoms with Crippen LogP contribution in [0.15, 0.2) is 12.1 Å². The van der Waals surface area contributed by atoms with Gasteiger partial charge in [-0.05, 0) is 55.6 Å². The van der Waals surface area contributed by atoms with Crippen LogP contribution in [0.1, 0.15) is 53.9 Å². The van der Waals surface area contributed by atoms with E-state index in [9.17, 15) is 35.2 Å². The Hall–Kier alpha value is -1.99. The molecule has 0 aromatic heterocycles. The number of ether oxygens (including phenoxy) is 1. The zero-order valence-corrected chi connectivity index (χ0v) is 20.7. The number of carbonyl (C=O) groups excluding carboxylic acids is 1. The fourth-order valence-corrected chi connectivity index (χ4v) is 5.30. The van der Waals surface area contributed by atoms with Crippen LogP contribution < -0.4 is 9.46 Å². The fourth-order valence-electron chi connectivity index (χ4n) is 4.86. The molecule has 0 spiro atoms. The van der Waals surface area contributed by atoms with Crippen molar-refractivity contribution < 1.29 is 39.9 Å². The van der Waals surface area contributed by atoms with Crippen molar-refractivity contribution in [2.24, 2.45) is 11.8 Å². The van der Waals surface area contributed by atoms with Crippen LogP contribution in [0.2, 0.25) is 0 Å². The Labute approximate surface area is 207 Å². The maximum Gasteiger partial charge on any atom is 0.395 e. The summed E-state index contributed by atoms with van der Waals surface area (Å²) >= 11 is 0. The standard InChI is InChI=1S/C23H30F5N3O4S/c1-36(33,34)29-22(32)17-10-16(15-2-3-15)21(11-20(17)25)35-13-14-4-7-30(8-5-14)31-9-6-19(24)18(12-31)23(26,27)28/h10-11,14-15,18-19H,2-9,12-13H2,1H3,(H,29,32). The average molecular weight is 540 g/mol. The van der Waals surface area contributed by atoms with Gasteiger partial charge in [0, 0.05) is 32.2 Å². The lowest BCUT2D eigenvalue weighted by Crippen LogP contribution is -2.56. The third kappa shape index (κ3) is 6.65. The van der Waals surface area contributed by atoms with Gasteiger partial charge < -0.3 is 4.74 Å². The summed E-state index contributed by atoms with van der Waals surface area (Å²) in [5, 5.41) is 3.46. The van der Waals surface area contributed by atoms with Gasteiger partial charge >= 0.3 is 6.18 Å². The zero-order chi connectivity index (χ0) is 26.3. The first kappa shape index (κ1) is 27.1. The summed E-state index contributed by atoms with van der Waals surface area (Å²) in [7, 11) is -3.85. The number of nitrogens with zero attached hydrogens (tertiary/aromatic N) is 2. The van der Waals surface area contributed by atoms with Gasteiger partial charge in [0.25, 0.3) is 5.91 Å². The Bertz CT molecular complexity index is 1070. The molecular weight excluding hydrogens is 509 g/mol. The number of hydrazine groups is 1. The second kappa shape index (κ2) is 10.4. The predicted molar refractivity (Wildman–Crippen MR) is 121 cm³/mol. The molecule has 1 N–H and O–H groups in total. The first-order chi connectivity index (χ1) is 16.8. The molecule has 3 fully saturated rings. The second-order valence-corrected chi connectivity index (χ2v) is 11.7. The summed E-state index contributed by atoms with van der Waals surface area (Å²) in [6.45, 7) is 1.18. The monoisotopic (exact) mass is 539 g/mol. The summed E-state index contributed by atoms with van der Waals surface area (Å²) in [6, 6.07) is 2.45. The van der Waals surface area contributed by atoms with Gasteiger partial charge in [0.15, 0.2) is 0 Å². The number of nitrogens with one attached hydrogen (secondary N) is 1. The van der Waals surface area contributed by atoms with E-state index in [0.29, 0.717) is 37.2 Å². The van der Waals surface area contributed by atoms with Crippen LogP contribution in [-0.2, 0) is 10.0 Å². The summed E-state index contributed by atoms with van der Waals surface area (Å²) < 4.78 is 98.3. The molecule has 36 heavy (non-hydrogen) atoms. The second-order valence-electron chi connectivity index (χ2n) is 9.92. The maximum absolute atomic E-state index is 14.7. The van der Waals surface area contributed by atoms with Crippen molar-refractivity contribution in [1.29, 1.82) is 0 Å².